The predicted octanol–water partition coefficient (Wildman–Crippen LogP) is 4.10. The molecule has 0 aromatic heterocycles. The van der Waals surface area contributed by atoms with Gasteiger partial charge in [0.15, 0.2) is 0 Å². The molecule has 0 saturated heterocycles. The molecule has 1 aliphatic carbocycles. The molecule has 98 valence electrons. The van der Waals surface area contributed by atoms with Gasteiger partial charge in [-0.25, -0.2) is 0 Å². The Kier molecular flexibility index (Phi) is 4.79. The highest BCUT2D eigenvalue weighted by Gasteiger charge is 2.35. The van der Waals surface area contributed by atoms with E-state index in [1.165, 1.54) is 5.57 Å². The van der Waals surface area contributed by atoms with Crippen molar-refractivity contribution in [2.45, 2.75) is 65.4 Å². The number of carbonyl (C=O) groups is 1. The average Bonchev–Trinajstić information content (AvgIpc) is 2.27. The minimum absolute atomic E-state index is 0.0192. The summed E-state index contributed by atoms with van der Waals surface area (Å²) in [6, 6.07) is 0. The quantitative estimate of drug-likeness (QED) is 0.544. The van der Waals surface area contributed by atoms with Crippen molar-refractivity contribution in [3.05, 3.63) is 12.2 Å². The molecule has 0 bridgehead atoms. The van der Waals surface area contributed by atoms with E-state index in [1.807, 2.05) is 13.8 Å². The second-order valence-electron chi connectivity index (χ2n) is 5.80. The topological polar surface area (TPSA) is 26.3 Å². The fourth-order valence-electron chi connectivity index (χ4n) is 2.33. The van der Waals surface area contributed by atoms with Gasteiger partial charge in [0.05, 0.1) is 5.92 Å². The van der Waals surface area contributed by atoms with Crippen LogP contribution < -0.4 is 0 Å². The largest absolute Gasteiger partial charge is 0.459 e. The van der Waals surface area contributed by atoms with E-state index < -0.39 is 0 Å². The summed E-state index contributed by atoms with van der Waals surface area (Å²) < 4.78 is 5.69. The van der Waals surface area contributed by atoms with Crippen molar-refractivity contribution in [1.29, 1.82) is 0 Å². The molecule has 17 heavy (non-hydrogen) atoms. The zero-order valence-electron chi connectivity index (χ0n) is 11.7. The van der Waals surface area contributed by atoms with Crippen molar-refractivity contribution in [3.8, 4) is 0 Å². The van der Waals surface area contributed by atoms with Crippen molar-refractivity contribution >= 4 is 5.97 Å². The molecule has 0 radical (unpaired) electrons. The normalized spacial score (nSPS) is 30.7. The maximum Gasteiger partial charge on any atom is 0.309 e. The Morgan fingerprint density at radius 3 is 2.41 bits per heavy atom. The maximum absolute atomic E-state index is 11.8. The number of hydrogen-bond donors (Lipinski definition) is 0. The molecule has 0 N–H and O–H groups in total. The van der Waals surface area contributed by atoms with Crippen molar-refractivity contribution in [1.82, 2.24) is 0 Å². The van der Waals surface area contributed by atoms with Crippen LogP contribution in [0.25, 0.3) is 0 Å². The van der Waals surface area contributed by atoms with E-state index >= 15 is 0 Å². The molecule has 1 atom stereocenters. The number of rotatable bonds is 4. The summed E-state index contributed by atoms with van der Waals surface area (Å²) in [5.74, 6) is 0.597. The number of carbonyl (C=O) groups excluding carboxylic acids is 1. The third-order valence-corrected chi connectivity index (χ3v) is 4.10. The molecule has 1 fully saturated rings. The van der Waals surface area contributed by atoms with E-state index in [4.69, 9.17) is 4.74 Å². The lowest BCUT2D eigenvalue weighted by molar-refractivity contribution is -0.166. The molecule has 2 nitrogen and oxygen atoms in total. The zero-order chi connectivity index (χ0) is 13.1. The Morgan fingerprint density at radius 2 is 2.00 bits per heavy atom. The lowest BCUT2D eigenvalue weighted by atomic mass is 9.77. The second kappa shape index (κ2) is 5.70. The van der Waals surface area contributed by atoms with E-state index in [1.54, 1.807) is 0 Å². The standard InChI is InChI=1S/C15H26O2/c1-6-12(4)14(16)17-15(5)9-7-13(8-10-15)11(2)3/h12-13H,2,6-10H2,1,3-5H3. The van der Waals surface area contributed by atoms with Crippen LogP contribution in [0.2, 0.25) is 0 Å². The summed E-state index contributed by atoms with van der Waals surface area (Å²) in [5, 5.41) is 0. The van der Waals surface area contributed by atoms with Gasteiger partial charge in [0, 0.05) is 0 Å². The van der Waals surface area contributed by atoms with Gasteiger partial charge in [0.2, 0.25) is 0 Å². The highest BCUT2D eigenvalue weighted by atomic mass is 16.6. The molecule has 0 heterocycles. The molecule has 0 aliphatic heterocycles. The van der Waals surface area contributed by atoms with E-state index in [-0.39, 0.29) is 17.5 Å². The summed E-state index contributed by atoms with van der Waals surface area (Å²) >= 11 is 0. The average molecular weight is 238 g/mol. The fourth-order valence-corrected chi connectivity index (χ4v) is 2.33. The monoisotopic (exact) mass is 238 g/mol. The maximum atomic E-state index is 11.8. The number of ether oxygens (including phenoxy) is 1. The van der Waals surface area contributed by atoms with Crippen molar-refractivity contribution < 1.29 is 9.53 Å². The van der Waals surface area contributed by atoms with E-state index in [0.717, 1.165) is 32.1 Å². The molecule has 0 aromatic carbocycles. The summed E-state index contributed by atoms with van der Waals surface area (Å²) in [6.45, 7) is 12.1. The Bertz CT molecular complexity index is 285. The third-order valence-electron chi connectivity index (χ3n) is 4.10. The van der Waals surface area contributed by atoms with Crippen molar-refractivity contribution in [2.24, 2.45) is 11.8 Å². The van der Waals surface area contributed by atoms with Gasteiger partial charge in [-0.2, -0.15) is 0 Å². The van der Waals surface area contributed by atoms with Gasteiger partial charge in [-0.05, 0) is 51.9 Å². The Hall–Kier alpha value is -0.790. The van der Waals surface area contributed by atoms with Crippen LogP contribution in [0.4, 0.5) is 0 Å². The minimum Gasteiger partial charge on any atom is -0.459 e. The first-order valence-corrected chi connectivity index (χ1v) is 6.76. The Morgan fingerprint density at radius 1 is 1.47 bits per heavy atom. The van der Waals surface area contributed by atoms with Crippen LogP contribution in [-0.4, -0.2) is 11.6 Å². The highest BCUT2D eigenvalue weighted by molar-refractivity contribution is 5.72. The SMILES string of the molecule is C=C(C)C1CCC(C)(OC(=O)C(C)CC)CC1. The van der Waals surface area contributed by atoms with Crippen molar-refractivity contribution in [3.63, 3.8) is 0 Å². The van der Waals surface area contributed by atoms with Gasteiger partial charge in [0.1, 0.15) is 5.60 Å². The molecule has 2 heteroatoms. The molecule has 1 unspecified atom stereocenters. The summed E-state index contributed by atoms with van der Waals surface area (Å²) in [7, 11) is 0. The van der Waals surface area contributed by atoms with Gasteiger partial charge in [-0.3, -0.25) is 4.79 Å². The number of esters is 1. The first-order chi connectivity index (χ1) is 7.88. The third kappa shape index (κ3) is 3.86. The molecular formula is C15H26O2. The van der Waals surface area contributed by atoms with E-state index in [0.29, 0.717) is 5.92 Å². The lowest BCUT2D eigenvalue weighted by Crippen LogP contribution is -2.37. The molecule has 0 amide bonds. The molecule has 0 spiro atoms. The van der Waals surface area contributed by atoms with Gasteiger partial charge in [-0.15, -0.1) is 0 Å². The van der Waals surface area contributed by atoms with Crippen molar-refractivity contribution in [2.75, 3.05) is 0 Å². The lowest BCUT2D eigenvalue weighted by Gasteiger charge is -2.37. The summed E-state index contributed by atoms with van der Waals surface area (Å²) in [5.41, 5.74) is 1.02. The summed E-state index contributed by atoms with van der Waals surface area (Å²) in [6.07, 6.45) is 4.97. The molecule has 1 saturated carbocycles. The Labute approximate surface area is 105 Å². The van der Waals surface area contributed by atoms with E-state index in [9.17, 15) is 4.79 Å². The predicted molar refractivity (Wildman–Crippen MR) is 70.7 cm³/mol. The van der Waals surface area contributed by atoms with Gasteiger partial charge in [0.25, 0.3) is 0 Å². The molecule has 0 aromatic rings. The second-order valence-corrected chi connectivity index (χ2v) is 5.80. The molecular weight excluding hydrogens is 212 g/mol. The first kappa shape index (κ1) is 14.3. The van der Waals surface area contributed by atoms with Gasteiger partial charge in [-0.1, -0.05) is 26.0 Å². The number of allylic oxidation sites excluding steroid dienone is 1. The Balaban J connectivity index is 2.50. The molecule has 1 rings (SSSR count). The van der Waals surface area contributed by atoms with Crippen LogP contribution in [0.15, 0.2) is 12.2 Å². The fraction of sp³-hybridized carbons (Fsp3) is 0.800. The van der Waals surface area contributed by atoms with Crippen LogP contribution in [0.1, 0.15) is 59.8 Å². The highest BCUT2D eigenvalue weighted by Crippen LogP contribution is 2.37. The van der Waals surface area contributed by atoms with E-state index in [2.05, 4.69) is 20.4 Å². The van der Waals surface area contributed by atoms with Gasteiger partial charge >= 0.3 is 5.97 Å². The smallest absolute Gasteiger partial charge is 0.309 e. The zero-order valence-corrected chi connectivity index (χ0v) is 11.7. The first-order valence-electron chi connectivity index (χ1n) is 6.76. The summed E-state index contributed by atoms with van der Waals surface area (Å²) in [4.78, 5) is 11.8. The van der Waals surface area contributed by atoms with Crippen LogP contribution in [0.5, 0.6) is 0 Å². The number of hydrogen-bond acceptors (Lipinski definition) is 2. The minimum atomic E-state index is -0.244. The van der Waals surface area contributed by atoms with Gasteiger partial charge < -0.3 is 4.74 Å². The molecule has 1 aliphatic rings. The van der Waals surface area contributed by atoms with Crippen LogP contribution in [-0.2, 0) is 9.53 Å². The van der Waals surface area contributed by atoms with Crippen LogP contribution in [0.3, 0.4) is 0 Å². The van der Waals surface area contributed by atoms with Crippen LogP contribution in [0, 0.1) is 11.8 Å². The van der Waals surface area contributed by atoms with Crippen LogP contribution >= 0.6 is 0 Å².